The number of aryl methyl sites for hydroxylation is 3. The van der Waals surface area contributed by atoms with E-state index >= 15 is 0 Å². The molecule has 4 rings (SSSR count). The molecule has 1 aliphatic rings. The highest BCUT2D eigenvalue weighted by Crippen LogP contribution is 2.34. The summed E-state index contributed by atoms with van der Waals surface area (Å²) in [5, 5.41) is 6.28. The number of hydrogen-bond acceptors (Lipinski definition) is 7. The molecule has 0 saturated carbocycles. The molecule has 0 atom stereocenters. The summed E-state index contributed by atoms with van der Waals surface area (Å²) in [5.41, 5.74) is 6.50. The van der Waals surface area contributed by atoms with Gasteiger partial charge in [0, 0.05) is 29.9 Å². The second-order valence-electron chi connectivity index (χ2n) is 10.2. The van der Waals surface area contributed by atoms with Crippen molar-refractivity contribution in [3.8, 4) is 11.3 Å². The molecule has 2 aromatic heterocycles. The Morgan fingerprint density at radius 3 is 2.69 bits per heavy atom. The molecule has 8 nitrogen and oxygen atoms in total. The first-order valence-corrected chi connectivity index (χ1v) is 12.3. The zero-order valence-corrected chi connectivity index (χ0v) is 21.6. The van der Waals surface area contributed by atoms with Gasteiger partial charge in [-0.15, -0.1) is 0 Å². The molecule has 0 saturated heterocycles. The number of esters is 1. The minimum atomic E-state index is -0.455. The third-order valence-electron chi connectivity index (χ3n) is 5.83. The molecule has 188 valence electrons. The van der Waals surface area contributed by atoms with Crippen LogP contribution in [0.25, 0.3) is 11.3 Å². The van der Waals surface area contributed by atoms with Gasteiger partial charge in [0.05, 0.1) is 29.2 Å². The summed E-state index contributed by atoms with van der Waals surface area (Å²) in [4.78, 5) is 38.1. The van der Waals surface area contributed by atoms with Crippen LogP contribution in [0.4, 0.5) is 17.3 Å². The van der Waals surface area contributed by atoms with Crippen LogP contribution in [0.5, 0.6) is 0 Å². The van der Waals surface area contributed by atoms with E-state index in [2.05, 4.69) is 20.6 Å². The van der Waals surface area contributed by atoms with Crippen LogP contribution in [-0.4, -0.2) is 32.4 Å². The number of benzene rings is 1. The van der Waals surface area contributed by atoms with E-state index in [9.17, 15) is 9.59 Å². The highest BCUT2D eigenvalue weighted by Gasteiger charge is 2.21. The van der Waals surface area contributed by atoms with Gasteiger partial charge in [-0.25, -0.2) is 9.97 Å². The predicted octanol–water partition coefficient (Wildman–Crippen LogP) is 5.45. The van der Waals surface area contributed by atoms with Crippen LogP contribution in [0.2, 0.25) is 0 Å². The van der Waals surface area contributed by atoms with E-state index in [4.69, 9.17) is 9.72 Å². The van der Waals surface area contributed by atoms with Gasteiger partial charge in [0.25, 0.3) is 0 Å². The number of amides is 1. The number of nitrogens with zero attached hydrogens (tertiary/aromatic N) is 3. The molecule has 1 aromatic carbocycles. The number of hydrogen-bond donors (Lipinski definition) is 2. The summed E-state index contributed by atoms with van der Waals surface area (Å²) >= 11 is 0. The van der Waals surface area contributed by atoms with Crippen LogP contribution >= 0.6 is 0 Å². The minimum absolute atomic E-state index is 0.0793. The van der Waals surface area contributed by atoms with Gasteiger partial charge in [0.15, 0.2) is 0 Å². The van der Waals surface area contributed by atoms with Crippen LogP contribution < -0.4 is 10.6 Å². The van der Waals surface area contributed by atoms with Crippen molar-refractivity contribution >= 4 is 29.2 Å². The SMILES string of the molecule is Cc1ccc2c(c1)NC(=O)Cc1cnc(Nc3cc(CCCCC(=O)OC(C)(C)C)cnc3C)nc1-2. The zero-order chi connectivity index (χ0) is 25.9. The maximum absolute atomic E-state index is 12.4. The number of carbonyl (C=O) groups excluding carboxylic acids is 2. The molecular formula is C28H33N5O3. The molecule has 3 heterocycles. The Labute approximate surface area is 211 Å². The maximum Gasteiger partial charge on any atom is 0.306 e. The van der Waals surface area contributed by atoms with E-state index in [1.165, 1.54) is 0 Å². The number of unbranched alkanes of at least 4 members (excludes halogenated alkanes) is 1. The molecule has 0 bridgehead atoms. The van der Waals surface area contributed by atoms with Gasteiger partial charge in [0.2, 0.25) is 11.9 Å². The minimum Gasteiger partial charge on any atom is -0.460 e. The van der Waals surface area contributed by atoms with Gasteiger partial charge in [-0.3, -0.25) is 14.6 Å². The van der Waals surface area contributed by atoms with Gasteiger partial charge in [-0.1, -0.05) is 12.1 Å². The summed E-state index contributed by atoms with van der Waals surface area (Å²) < 4.78 is 5.37. The lowest BCUT2D eigenvalue weighted by Crippen LogP contribution is -2.23. The Morgan fingerprint density at radius 2 is 1.92 bits per heavy atom. The number of pyridine rings is 1. The van der Waals surface area contributed by atoms with Crippen molar-refractivity contribution in [1.29, 1.82) is 0 Å². The zero-order valence-electron chi connectivity index (χ0n) is 21.6. The Kier molecular flexibility index (Phi) is 7.33. The van der Waals surface area contributed by atoms with Crippen molar-refractivity contribution < 1.29 is 14.3 Å². The van der Waals surface area contributed by atoms with Crippen molar-refractivity contribution in [2.75, 3.05) is 10.6 Å². The Hall–Kier alpha value is -3.81. The summed E-state index contributed by atoms with van der Waals surface area (Å²) in [6.07, 6.45) is 6.62. The quantitative estimate of drug-likeness (QED) is 0.337. The average Bonchev–Trinajstić information content (AvgIpc) is 2.92. The number of rotatable bonds is 7. The lowest BCUT2D eigenvalue weighted by molar-refractivity contribution is -0.154. The molecule has 0 spiro atoms. The maximum atomic E-state index is 12.4. The first-order valence-electron chi connectivity index (χ1n) is 12.3. The summed E-state index contributed by atoms with van der Waals surface area (Å²) in [5.74, 6) is 0.201. The van der Waals surface area contributed by atoms with Gasteiger partial charge < -0.3 is 15.4 Å². The molecular weight excluding hydrogens is 454 g/mol. The fourth-order valence-electron chi connectivity index (χ4n) is 4.12. The van der Waals surface area contributed by atoms with Crippen molar-refractivity contribution in [3.05, 3.63) is 59.0 Å². The van der Waals surface area contributed by atoms with Crippen LogP contribution in [0.15, 0.2) is 36.7 Å². The Balaban J connectivity index is 1.47. The van der Waals surface area contributed by atoms with Gasteiger partial charge >= 0.3 is 5.97 Å². The summed E-state index contributed by atoms with van der Waals surface area (Å²) in [6, 6.07) is 8.00. The topological polar surface area (TPSA) is 106 Å². The molecule has 8 heteroatoms. The monoisotopic (exact) mass is 487 g/mol. The number of fused-ring (bicyclic) bond motifs is 3. The molecule has 0 radical (unpaired) electrons. The summed E-state index contributed by atoms with van der Waals surface area (Å²) in [6.45, 7) is 9.55. The van der Waals surface area contributed by atoms with Gasteiger partial charge in [-0.2, -0.15) is 0 Å². The fraction of sp³-hybridized carbons (Fsp3) is 0.393. The van der Waals surface area contributed by atoms with Crippen molar-refractivity contribution in [1.82, 2.24) is 15.0 Å². The molecule has 1 aliphatic heterocycles. The van der Waals surface area contributed by atoms with E-state index in [0.717, 1.165) is 64.3 Å². The number of nitrogens with one attached hydrogen (secondary N) is 2. The molecule has 0 aliphatic carbocycles. The number of carbonyl (C=O) groups is 2. The predicted molar refractivity (Wildman–Crippen MR) is 140 cm³/mol. The second kappa shape index (κ2) is 10.4. The molecule has 0 unspecified atom stereocenters. The highest BCUT2D eigenvalue weighted by molar-refractivity contribution is 6.00. The van der Waals surface area contributed by atoms with Crippen molar-refractivity contribution in [2.45, 2.75) is 72.3 Å². The van der Waals surface area contributed by atoms with Gasteiger partial charge in [-0.05, 0) is 77.1 Å². The van der Waals surface area contributed by atoms with Crippen LogP contribution in [0.1, 0.15) is 62.4 Å². The van der Waals surface area contributed by atoms with E-state index in [-0.39, 0.29) is 18.3 Å². The van der Waals surface area contributed by atoms with E-state index in [1.54, 1.807) is 6.20 Å². The van der Waals surface area contributed by atoms with Crippen molar-refractivity contribution in [2.24, 2.45) is 0 Å². The van der Waals surface area contributed by atoms with E-state index < -0.39 is 5.60 Å². The first-order chi connectivity index (χ1) is 17.1. The smallest absolute Gasteiger partial charge is 0.306 e. The van der Waals surface area contributed by atoms with E-state index in [0.29, 0.717) is 12.4 Å². The molecule has 3 aromatic rings. The van der Waals surface area contributed by atoms with Crippen LogP contribution in [0, 0.1) is 13.8 Å². The third kappa shape index (κ3) is 6.44. The standard InChI is InChI=1S/C28H33N5O3/c1-17-10-11-21-23(12-17)31-24(34)14-20-16-30-27(33-26(20)21)32-22-13-19(15-29-18(22)2)8-6-7-9-25(35)36-28(3,4)5/h10-13,15-16H,6-9,14H2,1-5H3,(H,31,34)(H,30,32,33). The van der Waals surface area contributed by atoms with Crippen LogP contribution in [0.3, 0.4) is 0 Å². The lowest BCUT2D eigenvalue weighted by atomic mass is 10.0. The number of anilines is 3. The van der Waals surface area contributed by atoms with Gasteiger partial charge in [0.1, 0.15) is 5.60 Å². The molecule has 1 amide bonds. The first kappa shape index (κ1) is 25.3. The molecule has 2 N–H and O–H groups in total. The Bertz CT molecular complexity index is 1300. The highest BCUT2D eigenvalue weighted by atomic mass is 16.6. The average molecular weight is 488 g/mol. The van der Waals surface area contributed by atoms with Crippen molar-refractivity contribution in [3.63, 3.8) is 0 Å². The molecule has 36 heavy (non-hydrogen) atoms. The third-order valence-corrected chi connectivity index (χ3v) is 5.83. The lowest BCUT2D eigenvalue weighted by Gasteiger charge is -2.19. The normalized spacial score (nSPS) is 12.8. The second-order valence-corrected chi connectivity index (χ2v) is 10.2. The largest absolute Gasteiger partial charge is 0.460 e. The van der Waals surface area contributed by atoms with Crippen LogP contribution in [-0.2, 0) is 27.2 Å². The summed E-state index contributed by atoms with van der Waals surface area (Å²) in [7, 11) is 0. The fourth-order valence-corrected chi connectivity index (χ4v) is 4.12. The number of ether oxygens (including phenoxy) is 1. The number of aromatic nitrogens is 3. The Morgan fingerprint density at radius 1 is 1.11 bits per heavy atom. The van der Waals surface area contributed by atoms with E-state index in [1.807, 2.05) is 65.1 Å². The molecule has 0 fully saturated rings.